The summed E-state index contributed by atoms with van der Waals surface area (Å²) in [5, 5.41) is 8.74. The molecular weight excluding hydrogens is 286 g/mol. The molecule has 0 bridgehead atoms. The molecule has 0 saturated heterocycles. The number of nitrogens with one attached hydrogen (secondary N) is 1. The Bertz CT molecular complexity index is 667. The quantitative estimate of drug-likeness (QED) is 0.905. The molecule has 0 radical (unpaired) electrons. The van der Waals surface area contributed by atoms with E-state index in [9.17, 15) is 8.42 Å². The van der Waals surface area contributed by atoms with Crippen LogP contribution in [-0.2, 0) is 16.4 Å². The number of methoxy groups -OCH3 is 1. The van der Waals surface area contributed by atoms with Crippen LogP contribution in [0.3, 0.4) is 0 Å². The summed E-state index contributed by atoms with van der Waals surface area (Å²) in [6.45, 7) is 0. The van der Waals surface area contributed by atoms with E-state index >= 15 is 0 Å². The van der Waals surface area contributed by atoms with Crippen molar-refractivity contribution in [3.63, 3.8) is 0 Å². The third-order valence-electron chi connectivity index (χ3n) is 2.27. The van der Waals surface area contributed by atoms with Gasteiger partial charge in [0, 0.05) is 12.0 Å². The Morgan fingerprint density at radius 2 is 2.05 bits per heavy atom. The lowest BCUT2D eigenvalue weighted by atomic mass is 10.1. The molecule has 1 aromatic carbocycles. The molecule has 6 nitrogen and oxygen atoms in total. The normalized spacial score (nSPS) is 11.3. The van der Waals surface area contributed by atoms with Gasteiger partial charge in [0.05, 0.1) is 13.4 Å². The number of hydrogen-bond acceptors (Lipinski definition) is 6. The number of rotatable bonds is 5. The molecule has 0 unspecified atom stereocenters. The van der Waals surface area contributed by atoms with Gasteiger partial charge in [0.25, 0.3) is 0 Å². The maximum absolute atomic E-state index is 11.1. The van der Waals surface area contributed by atoms with Crippen molar-refractivity contribution >= 4 is 26.5 Å². The maximum Gasteiger partial charge on any atom is 0.231 e. The lowest BCUT2D eigenvalue weighted by Gasteiger charge is -2.05. The van der Waals surface area contributed by atoms with Crippen LogP contribution in [0, 0.1) is 0 Å². The average molecular weight is 299 g/mol. The minimum atomic E-state index is -3.32. The standard InChI is InChI=1S/C11H13N3O3S2/c1-17-9-6-4-3-5-8(9)7-10-12-13-11(18-10)14-19(2,15)16/h3-6H,7H2,1-2H3,(H,13,14). The lowest BCUT2D eigenvalue weighted by Crippen LogP contribution is -2.08. The summed E-state index contributed by atoms with van der Waals surface area (Å²) in [7, 11) is -1.71. The van der Waals surface area contributed by atoms with E-state index in [2.05, 4.69) is 14.9 Å². The van der Waals surface area contributed by atoms with Crippen LogP contribution < -0.4 is 9.46 Å². The number of ether oxygens (including phenoxy) is 1. The van der Waals surface area contributed by atoms with Crippen molar-refractivity contribution in [2.75, 3.05) is 18.1 Å². The highest BCUT2D eigenvalue weighted by Gasteiger charge is 2.10. The summed E-state index contributed by atoms with van der Waals surface area (Å²) in [6.07, 6.45) is 1.63. The maximum atomic E-state index is 11.1. The predicted octanol–water partition coefficient (Wildman–Crippen LogP) is 1.51. The van der Waals surface area contributed by atoms with Gasteiger partial charge in [-0.3, -0.25) is 4.72 Å². The van der Waals surface area contributed by atoms with E-state index in [1.807, 2.05) is 24.3 Å². The second kappa shape index (κ2) is 5.54. The zero-order chi connectivity index (χ0) is 13.9. The zero-order valence-corrected chi connectivity index (χ0v) is 12.1. The van der Waals surface area contributed by atoms with Crippen molar-refractivity contribution in [3.8, 4) is 5.75 Å². The van der Waals surface area contributed by atoms with Crippen molar-refractivity contribution < 1.29 is 13.2 Å². The van der Waals surface area contributed by atoms with Gasteiger partial charge in [0.15, 0.2) is 0 Å². The van der Waals surface area contributed by atoms with Crippen LogP contribution in [0.4, 0.5) is 5.13 Å². The minimum absolute atomic E-state index is 0.271. The monoisotopic (exact) mass is 299 g/mol. The number of benzene rings is 1. The summed E-state index contributed by atoms with van der Waals surface area (Å²) in [5.74, 6) is 0.773. The molecule has 0 amide bonds. The first kappa shape index (κ1) is 13.8. The molecule has 0 aliphatic rings. The van der Waals surface area contributed by atoms with Gasteiger partial charge < -0.3 is 4.74 Å². The molecule has 1 heterocycles. The molecule has 0 spiro atoms. The van der Waals surface area contributed by atoms with Gasteiger partial charge in [-0.25, -0.2) is 8.42 Å². The van der Waals surface area contributed by atoms with Crippen molar-refractivity contribution in [1.29, 1.82) is 0 Å². The number of nitrogens with zero attached hydrogens (tertiary/aromatic N) is 2. The van der Waals surface area contributed by atoms with Crippen molar-refractivity contribution in [2.24, 2.45) is 0 Å². The van der Waals surface area contributed by atoms with E-state index in [0.29, 0.717) is 6.42 Å². The zero-order valence-electron chi connectivity index (χ0n) is 10.5. The number of para-hydroxylation sites is 1. The smallest absolute Gasteiger partial charge is 0.231 e. The van der Waals surface area contributed by atoms with Gasteiger partial charge in [-0.2, -0.15) is 0 Å². The highest BCUT2D eigenvalue weighted by Crippen LogP contribution is 2.24. The average Bonchev–Trinajstić information content (AvgIpc) is 2.75. The summed E-state index contributed by atoms with van der Waals surface area (Å²) >= 11 is 1.21. The highest BCUT2D eigenvalue weighted by atomic mass is 32.2. The summed E-state index contributed by atoms with van der Waals surface area (Å²) in [5.41, 5.74) is 0.979. The molecule has 1 aromatic heterocycles. The third kappa shape index (κ3) is 3.90. The SMILES string of the molecule is COc1ccccc1Cc1nnc(NS(C)(=O)=O)s1. The van der Waals surface area contributed by atoms with Crippen molar-refractivity contribution in [2.45, 2.75) is 6.42 Å². The Labute approximate surface area is 115 Å². The molecule has 1 N–H and O–H groups in total. The summed E-state index contributed by atoms with van der Waals surface area (Å²) in [6, 6.07) is 7.60. The van der Waals surface area contributed by atoms with Gasteiger partial charge in [0.2, 0.25) is 15.2 Å². The molecule has 0 aliphatic heterocycles. The Kier molecular flexibility index (Phi) is 4.01. The first-order chi connectivity index (χ1) is 8.98. The Morgan fingerprint density at radius 3 is 2.74 bits per heavy atom. The van der Waals surface area contributed by atoms with E-state index < -0.39 is 10.0 Å². The Hall–Kier alpha value is -1.67. The number of hydrogen-bond donors (Lipinski definition) is 1. The van der Waals surface area contributed by atoms with E-state index in [0.717, 1.165) is 22.6 Å². The van der Waals surface area contributed by atoms with Gasteiger partial charge >= 0.3 is 0 Å². The first-order valence-corrected chi connectivity index (χ1v) is 8.11. The number of aromatic nitrogens is 2. The van der Waals surface area contributed by atoms with Gasteiger partial charge in [-0.15, -0.1) is 10.2 Å². The largest absolute Gasteiger partial charge is 0.496 e. The van der Waals surface area contributed by atoms with Crippen LogP contribution >= 0.6 is 11.3 Å². The fourth-order valence-corrected chi connectivity index (χ4v) is 3.13. The molecule has 0 fully saturated rings. The fraction of sp³-hybridized carbons (Fsp3) is 0.273. The second-order valence-electron chi connectivity index (χ2n) is 3.86. The Morgan fingerprint density at radius 1 is 1.32 bits per heavy atom. The van der Waals surface area contributed by atoms with Gasteiger partial charge in [-0.05, 0) is 6.07 Å². The molecule has 0 atom stereocenters. The summed E-state index contributed by atoms with van der Waals surface area (Å²) < 4.78 is 29.7. The molecule has 102 valence electrons. The van der Waals surface area contributed by atoms with E-state index in [1.54, 1.807) is 7.11 Å². The molecule has 0 saturated carbocycles. The van der Waals surface area contributed by atoms with Crippen LogP contribution in [0.2, 0.25) is 0 Å². The molecule has 0 aliphatic carbocycles. The molecule has 8 heteroatoms. The van der Waals surface area contributed by atoms with Crippen LogP contribution in [0.25, 0.3) is 0 Å². The van der Waals surface area contributed by atoms with Crippen LogP contribution in [-0.4, -0.2) is 32.0 Å². The van der Waals surface area contributed by atoms with Crippen LogP contribution in [0.15, 0.2) is 24.3 Å². The highest BCUT2D eigenvalue weighted by molar-refractivity contribution is 7.92. The molecule has 19 heavy (non-hydrogen) atoms. The number of anilines is 1. The minimum Gasteiger partial charge on any atom is -0.496 e. The molecular formula is C11H13N3O3S2. The first-order valence-electron chi connectivity index (χ1n) is 5.40. The van der Waals surface area contributed by atoms with Crippen LogP contribution in [0.5, 0.6) is 5.75 Å². The molecule has 2 rings (SSSR count). The van der Waals surface area contributed by atoms with Crippen LogP contribution in [0.1, 0.15) is 10.6 Å². The third-order valence-corrected chi connectivity index (χ3v) is 3.81. The number of sulfonamides is 1. The fourth-order valence-electron chi connectivity index (χ4n) is 1.54. The van der Waals surface area contributed by atoms with E-state index in [4.69, 9.17) is 4.74 Å². The van der Waals surface area contributed by atoms with E-state index in [-0.39, 0.29) is 5.13 Å². The predicted molar refractivity (Wildman–Crippen MR) is 74.2 cm³/mol. The van der Waals surface area contributed by atoms with Crippen molar-refractivity contribution in [3.05, 3.63) is 34.8 Å². The van der Waals surface area contributed by atoms with E-state index in [1.165, 1.54) is 11.3 Å². The van der Waals surface area contributed by atoms with Gasteiger partial charge in [0.1, 0.15) is 10.8 Å². The lowest BCUT2D eigenvalue weighted by molar-refractivity contribution is 0.410. The topological polar surface area (TPSA) is 81.2 Å². The molecule has 2 aromatic rings. The Balaban J connectivity index is 2.16. The van der Waals surface area contributed by atoms with Gasteiger partial charge in [-0.1, -0.05) is 29.5 Å². The second-order valence-corrected chi connectivity index (χ2v) is 6.67. The van der Waals surface area contributed by atoms with Crippen molar-refractivity contribution in [1.82, 2.24) is 10.2 Å². The summed E-state index contributed by atoms with van der Waals surface area (Å²) in [4.78, 5) is 0.